The summed E-state index contributed by atoms with van der Waals surface area (Å²) >= 11 is 3.58. The van der Waals surface area contributed by atoms with Gasteiger partial charge in [0.2, 0.25) is 0 Å². The lowest BCUT2D eigenvalue weighted by molar-refractivity contribution is 0.0159. The van der Waals surface area contributed by atoms with Crippen molar-refractivity contribution in [2.45, 2.75) is 45.8 Å². The van der Waals surface area contributed by atoms with E-state index in [2.05, 4.69) is 28.1 Å². The van der Waals surface area contributed by atoms with Gasteiger partial charge in [0.1, 0.15) is 5.60 Å². The fraction of sp³-hybridized carbons (Fsp3) is 0.533. The molecule has 19 heavy (non-hydrogen) atoms. The molecule has 4 heteroatoms. The zero-order valence-electron chi connectivity index (χ0n) is 11.9. The van der Waals surface area contributed by atoms with Crippen LogP contribution in [0.25, 0.3) is 0 Å². The highest BCUT2D eigenvalue weighted by atomic mass is 79.9. The summed E-state index contributed by atoms with van der Waals surface area (Å²) in [5, 5.41) is 0. The monoisotopic (exact) mass is 325 g/mol. The maximum atomic E-state index is 12.2. The van der Waals surface area contributed by atoms with Gasteiger partial charge in [-0.25, -0.2) is 4.79 Å². The highest BCUT2D eigenvalue weighted by Gasteiger charge is 2.31. The summed E-state index contributed by atoms with van der Waals surface area (Å²) in [7, 11) is 0. The molecule has 0 bridgehead atoms. The fourth-order valence-corrected chi connectivity index (χ4v) is 2.97. The van der Waals surface area contributed by atoms with Crippen LogP contribution in [0.2, 0.25) is 0 Å². The van der Waals surface area contributed by atoms with Crippen LogP contribution in [0.3, 0.4) is 0 Å². The van der Waals surface area contributed by atoms with E-state index in [-0.39, 0.29) is 12.1 Å². The molecule has 0 aromatic heterocycles. The Morgan fingerprint density at radius 2 is 2.11 bits per heavy atom. The smallest absolute Gasteiger partial charge is 0.410 e. The molecule has 0 fully saturated rings. The first-order chi connectivity index (χ1) is 8.79. The molecule has 104 valence electrons. The minimum atomic E-state index is -0.450. The number of amides is 1. The first kappa shape index (κ1) is 14.4. The Bertz CT molecular complexity index is 493. The Hall–Kier alpha value is -1.03. The molecule has 0 spiro atoms. The second kappa shape index (κ2) is 5.16. The number of fused-ring (bicyclic) bond motifs is 1. The average molecular weight is 326 g/mol. The van der Waals surface area contributed by atoms with Gasteiger partial charge in [0.15, 0.2) is 0 Å². The van der Waals surface area contributed by atoms with E-state index in [0.29, 0.717) is 6.54 Å². The molecule has 0 radical (unpaired) electrons. The summed E-state index contributed by atoms with van der Waals surface area (Å²) in [6, 6.07) is 6.20. The van der Waals surface area contributed by atoms with Crippen LogP contribution in [0.15, 0.2) is 22.7 Å². The number of carbonyl (C=O) groups is 1. The van der Waals surface area contributed by atoms with E-state index in [0.717, 1.165) is 10.9 Å². The highest BCUT2D eigenvalue weighted by Crippen LogP contribution is 2.34. The van der Waals surface area contributed by atoms with Gasteiger partial charge >= 0.3 is 6.09 Å². The lowest BCUT2D eigenvalue weighted by Crippen LogP contribution is -2.42. The average Bonchev–Trinajstić information content (AvgIpc) is 2.28. The number of carbonyl (C=O) groups excluding carboxylic acids is 1. The number of rotatable bonds is 0. The number of hydrogen-bond donors (Lipinski definition) is 0. The Morgan fingerprint density at radius 1 is 1.42 bits per heavy atom. The normalized spacial score (nSPS) is 19.0. The summed E-state index contributed by atoms with van der Waals surface area (Å²) < 4.78 is 6.59. The van der Waals surface area contributed by atoms with Crippen LogP contribution < -0.4 is 0 Å². The molecule has 1 atom stereocenters. The van der Waals surface area contributed by atoms with Crippen molar-refractivity contribution in [3.8, 4) is 0 Å². The summed E-state index contributed by atoms with van der Waals surface area (Å²) in [6.45, 7) is 8.43. The lowest BCUT2D eigenvalue weighted by atomic mass is 9.94. The molecule has 0 saturated heterocycles. The lowest BCUT2D eigenvalue weighted by Gasteiger charge is -2.36. The topological polar surface area (TPSA) is 29.5 Å². The maximum Gasteiger partial charge on any atom is 0.410 e. The Balaban J connectivity index is 2.22. The van der Waals surface area contributed by atoms with E-state index in [4.69, 9.17) is 4.74 Å². The third kappa shape index (κ3) is 3.11. The standard InChI is InChI=1S/C15H20BrNO2/c1-10-11-6-5-7-13(16)12(11)8-9-17(10)14(18)19-15(2,3)4/h5-7,10H,8-9H2,1-4H3/t10-/m1/s1. The predicted octanol–water partition coefficient (Wildman–Crippen LogP) is 4.30. The summed E-state index contributed by atoms with van der Waals surface area (Å²) in [4.78, 5) is 14.0. The molecule has 2 rings (SSSR count). The number of ether oxygens (including phenoxy) is 1. The molecular weight excluding hydrogens is 306 g/mol. The molecule has 0 saturated carbocycles. The summed E-state index contributed by atoms with van der Waals surface area (Å²) in [5.74, 6) is 0. The van der Waals surface area contributed by atoms with E-state index in [1.807, 2.05) is 33.8 Å². The van der Waals surface area contributed by atoms with Crippen LogP contribution in [0.1, 0.15) is 44.9 Å². The molecule has 0 aliphatic carbocycles. The van der Waals surface area contributed by atoms with Crippen molar-refractivity contribution >= 4 is 22.0 Å². The van der Waals surface area contributed by atoms with Crippen molar-refractivity contribution in [2.24, 2.45) is 0 Å². The van der Waals surface area contributed by atoms with Crippen molar-refractivity contribution < 1.29 is 9.53 Å². The van der Waals surface area contributed by atoms with E-state index in [1.54, 1.807) is 4.90 Å². The van der Waals surface area contributed by atoms with Crippen molar-refractivity contribution in [3.05, 3.63) is 33.8 Å². The second-order valence-corrected chi connectivity index (χ2v) is 6.76. The van der Waals surface area contributed by atoms with Crippen LogP contribution in [0.5, 0.6) is 0 Å². The molecule has 1 aromatic carbocycles. The largest absolute Gasteiger partial charge is 0.444 e. The van der Waals surface area contributed by atoms with Crippen molar-refractivity contribution in [1.29, 1.82) is 0 Å². The van der Waals surface area contributed by atoms with Gasteiger partial charge in [0, 0.05) is 11.0 Å². The first-order valence-electron chi connectivity index (χ1n) is 6.56. The fourth-order valence-electron chi connectivity index (χ4n) is 2.39. The molecule has 1 heterocycles. The van der Waals surface area contributed by atoms with E-state index in [9.17, 15) is 4.79 Å². The molecule has 1 aliphatic heterocycles. The zero-order chi connectivity index (χ0) is 14.2. The number of benzene rings is 1. The predicted molar refractivity (Wildman–Crippen MR) is 79.2 cm³/mol. The van der Waals surface area contributed by atoms with E-state index < -0.39 is 5.60 Å². The Morgan fingerprint density at radius 3 is 2.74 bits per heavy atom. The van der Waals surface area contributed by atoms with Crippen molar-refractivity contribution in [2.75, 3.05) is 6.54 Å². The van der Waals surface area contributed by atoms with Gasteiger partial charge in [-0.15, -0.1) is 0 Å². The Labute approximate surface area is 123 Å². The van der Waals surface area contributed by atoms with E-state index in [1.165, 1.54) is 11.1 Å². The molecule has 1 aromatic rings. The van der Waals surface area contributed by atoms with Gasteiger partial charge in [0.25, 0.3) is 0 Å². The summed E-state index contributed by atoms with van der Waals surface area (Å²) in [5.41, 5.74) is 2.05. The van der Waals surface area contributed by atoms with Gasteiger partial charge in [-0.3, -0.25) is 0 Å². The van der Waals surface area contributed by atoms with Gasteiger partial charge in [-0.2, -0.15) is 0 Å². The maximum absolute atomic E-state index is 12.2. The third-order valence-electron chi connectivity index (χ3n) is 3.30. The van der Waals surface area contributed by atoms with Gasteiger partial charge < -0.3 is 9.64 Å². The zero-order valence-corrected chi connectivity index (χ0v) is 13.5. The third-order valence-corrected chi connectivity index (χ3v) is 4.05. The number of nitrogens with zero attached hydrogens (tertiary/aromatic N) is 1. The molecule has 0 N–H and O–H groups in total. The van der Waals surface area contributed by atoms with E-state index >= 15 is 0 Å². The van der Waals surface area contributed by atoms with Crippen LogP contribution in [0.4, 0.5) is 4.79 Å². The molecule has 1 amide bonds. The molecular formula is C15H20BrNO2. The van der Waals surface area contributed by atoms with Crippen LogP contribution in [0, 0.1) is 0 Å². The van der Waals surface area contributed by atoms with Crippen LogP contribution in [-0.2, 0) is 11.2 Å². The van der Waals surface area contributed by atoms with Gasteiger partial charge in [0.05, 0.1) is 6.04 Å². The minimum Gasteiger partial charge on any atom is -0.444 e. The molecule has 1 aliphatic rings. The second-order valence-electron chi connectivity index (χ2n) is 5.91. The van der Waals surface area contributed by atoms with Crippen LogP contribution >= 0.6 is 15.9 Å². The number of halogens is 1. The number of hydrogen-bond acceptors (Lipinski definition) is 2. The molecule has 0 unspecified atom stereocenters. The molecule has 3 nitrogen and oxygen atoms in total. The highest BCUT2D eigenvalue weighted by molar-refractivity contribution is 9.10. The SMILES string of the molecule is C[C@@H]1c2cccc(Br)c2CCN1C(=O)OC(C)(C)C. The van der Waals surface area contributed by atoms with Crippen molar-refractivity contribution in [1.82, 2.24) is 4.90 Å². The van der Waals surface area contributed by atoms with Gasteiger partial charge in [-0.1, -0.05) is 28.1 Å². The Kier molecular flexibility index (Phi) is 3.90. The minimum absolute atomic E-state index is 0.0519. The summed E-state index contributed by atoms with van der Waals surface area (Å²) in [6.07, 6.45) is 0.631. The van der Waals surface area contributed by atoms with Crippen LogP contribution in [-0.4, -0.2) is 23.1 Å². The van der Waals surface area contributed by atoms with Gasteiger partial charge in [-0.05, 0) is 51.3 Å². The van der Waals surface area contributed by atoms with Crippen molar-refractivity contribution in [3.63, 3.8) is 0 Å². The quantitative estimate of drug-likeness (QED) is 0.711. The first-order valence-corrected chi connectivity index (χ1v) is 7.36.